The summed E-state index contributed by atoms with van der Waals surface area (Å²) >= 11 is 2.97. The van der Waals surface area contributed by atoms with Gasteiger partial charge in [-0.1, -0.05) is 40.2 Å². The van der Waals surface area contributed by atoms with Crippen LogP contribution in [-0.2, 0) is 0 Å². The topological polar surface area (TPSA) is 34.1 Å². The molecule has 5 heteroatoms. The molecule has 0 fully saturated rings. The lowest BCUT2D eigenvalue weighted by atomic mass is 10.1. The lowest BCUT2D eigenvalue weighted by Crippen LogP contribution is -2.02. The van der Waals surface area contributed by atoms with E-state index < -0.39 is 11.6 Å². The van der Waals surface area contributed by atoms with Crippen LogP contribution < -0.4 is 0 Å². The molecule has 0 N–H and O–H groups in total. The molecule has 0 aliphatic rings. The molecular formula is C16H13BrF2O2. The fourth-order valence-electron chi connectivity index (χ4n) is 1.51. The Morgan fingerprint density at radius 1 is 0.905 bits per heavy atom. The van der Waals surface area contributed by atoms with Gasteiger partial charge >= 0.3 is 0 Å². The molecular weight excluding hydrogens is 342 g/mol. The third-order valence-corrected chi connectivity index (χ3v) is 3.06. The molecule has 21 heavy (non-hydrogen) atoms. The second-order valence-corrected chi connectivity index (χ2v) is 4.63. The molecule has 2 aromatic rings. The standard InChI is InChI=1S/C8H6BrFO.C8H7FO/c9-5-8(11)6-3-1-2-4-7(6)10;1-6(10)7-4-2-3-5-8(7)9/h1-4H,5H2;2-5H,1H3. The molecule has 0 saturated carbocycles. The number of Topliss-reactive ketones (excluding diaryl/α,β-unsaturated/α-hetero) is 2. The molecule has 2 nitrogen and oxygen atoms in total. The Hall–Kier alpha value is -1.88. The Morgan fingerprint density at radius 3 is 1.67 bits per heavy atom. The highest BCUT2D eigenvalue weighted by Crippen LogP contribution is 2.08. The Balaban J connectivity index is 0.000000211. The normalized spacial score (nSPS) is 9.52. The van der Waals surface area contributed by atoms with Gasteiger partial charge in [0.25, 0.3) is 0 Å². The first-order valence-corrected chi connectivity index (χ1v) is 7.18. The maximum Gasteiger partial charge on any atom is 0.176 e. The van der Waals surface area contributed by atoms with E-state index in [2.05, 4.69) is 15.9 Å². The van der Waals surface area contributed by atoms with Crippen LogP contribution in [0.5, 0.6) is 0 Å². The highest BCUT2D eigenvalue weighted by atomic mass is 79.9. The third kappa shape index (κ3) is 5.19. The molecule has 2 rings (SSSR count). The monoisotopic (exact) mass is 354 g/mol. The number of rotatable bonds is 3. The zero-order valence-corrected chi connectivity index (χ0v) is 12.9. The smallest absolute Gasteiger partial charge is 0.176 e. The largest absolute Gasteiger partial charge is 0.294 e. The summed E-state index contributed by atoms with van der Waals surface area (Å²) in [7, 11) is 0. The van der Waals surface area contributed by atoms with Gasteiger partial charge in [-0.25, -0.2) is 8.78 Å². The van der Waals surface area contributed by atoms with Crippen LogP contribution in [0.4, 0.5) is 8.78 Å². The van der Waals surface area contributed by atoms with Gasteiger partial charge in [-0.3, -0.25) is 9.59 Å². The van der Waals surface area contributed by atoms with E-state index in [9.17, 15) is 18.4 Å². The lowest BCUT2D eigenvalue weighted by Gasteiger charge is -1.96. The lowest BCUT2D eigenvalue weighted by molar-refractivity contribution is 0.100. The van der Waals surface area contributed by atoms with Crippen LogP contribution in [0.25, 0.3) is 0 Å². The number of carbonyl (C=O) groups is 2. The SMILES string of the molecule is CC(=O)c1ccccc1F.O=C(CBr)c1ccccc1F. The summed E-state index contributed by atoms with van der Waals surface area (Å²) in [6.07, 6.45) is 0. The fourth-order valence-corrected chi connectivity index (χ4v) is 1.81. The molecule has 0 heterocycles. The molecule has 0 radical (unpaired) electrons. The zero-order valence-electron chi connectivity index (χ0n) is 11.3. The average molecular weight is 355 g/mol. The minimum absolute atomic E-state index is 0.143. The Labute approximate surface area is 129 Å². The van der Waals surface area contributed by atoms with E-state index >= 15 is 0 Å². The number of ketones is 2. The van der Waals surface area contributed by atoms with Crippen molar-refractivity contribution in [3.05, 3.63) is 71.3 Å². The van der Waals surface area contributed by atoms with Gasteiger partial charge in [-0.2, -0.15) is 0 Å². The molecule has 0 spiro atoms. The Bertz CT molecular complexity index is 642. The third-order valence-electron chi connectivity index (χ3n) is 2.55. The van der Waals surface area contributed by atoms with Gasteiger partial charge in [0.15, 0.2) is 11.6 Å². The van der Waals surface area contributed by atoms with Crippen molar-refractivity contribution in [2.75, 3.05) is 5.33 Å². The van der Waals surface area contributed by atoms with E-state index in [1.807, 2.05) is 0 Å². The maximum absolute atomic E-state index is 12.8. The number of carbonyl (C=O) groups excluding carboxylic acids is 2. The summed E-state index contributed by atoms with van der Waals surface area (Å²) in [6.45, 7) is 1.35. The van der Waals surface area contributed by atoms with Gasteiger partial charge in [0.1, 0.15) is 11.6 Å². The van der Waals surface area contributed by atoms with E-state index in [4.69, 9.17) is 0 Å². The molecule has 0 bridgehead atoms. The van der Waals surface area contributed by atoms with E-state index in [-0.39, 0.29) is 28.0 Å². The summed E-state index contributed by atoms with van der Waals surface area (Å²) in [5.74, 6) is -1.38. The van der Waals surface area contributed by atoms with Crippen LogP contribution in [-0.4, -0.2) is 16.9 Å². The van der Waals surface area contributed by atoms with Gasteiger partial charge in [0, 0.05) is 0 Å². The molecule has 0 atom stereocenters. The highest BCUT2D eigenvalue weighted by Gasteiger charge is 2.07. The number of hydrogen-bond acceptors (Lipinski definition) is 2. The van der Waals surface area contributed by atoms with Crippen molar-refractivity contribution in [1.82, 2.24) is 0 Å². The average Bonchev–Trinajstić information content (AvgIpc) is 2.48. The van der Waals surface area contributed by atoms with Crippen molar-refractivity contribution in [1.29, 1.82) is 0 Å². The summed E-state index contributed by atoms with van der Waals surface area (Å²) < 4.78 is 25.4. The Morgan fingerprint density at radius 2 is 1.33 bits per heavy atom. The van der Waals surface area contributed by atoms with Gasteiger partial charge in [-0.05, 0) is 31.2 Å². The number of benzene rings is 2. The van der Waals surface area contributed by atoms with Gasteiger partial charge in [0.05, 0.1) is 16.5 Å². The number of hydrogen-bond donors (Lipinski definition) is 0. The van der Waals surface area contributed by atoms with Crippen LogP contribution in [0.1, 0.15) is 27.6 Å². The van der Waals surface area contributed by atoms with Crippen molar-refractivity contribution in [2.24, 2.45) is 0 Å². The van der Waals surface area contributed by atoms with Crippen molar-refractivity contribution in [3.63, 3.8) is 0 Å². The first-order valence-electron chi connectivity index (χ1n) is 6.06. The second-order valence-electron chi connectivity index (χ2n) is 4.07. The molecule has 0 amide bonds. The Kier molecular flexibility index (Phi) is 6.88. The first-order chi connectivity index (χ1) is 9.97. The summed E-state index contributed by atoms with van der Waals surface area (Å²) in [5.41, 5.74) is 0.298. The van der Waals surface area contributed by atoms with E-state index in [0.29, 0.717) is 0 Å². The minimum atomic E-state index is -0.461. The van der Waals surface area contributed by atoms with Gasteiger partial charge in [0.2, 0.25) is 0 Å². The molecule has 0 aromatic heterocycles. The van der Waals surface area contributed by atoms with Crippen molar-refractivity contribution < 1.29 is 18.4 Å². The van der Waals surface area contributed by atoms with Crippen LogP contribution in [0.3, 0.4) is 0 Å². The van der Waals surface area contributed by atoms with Crippen molar-refractivity contribution >= 4 is 27.5 Å². The summed E-state index contributed by atoms with van der Waals surface area (Å²) in [6, 6.07) is 11.9. The maximum atomic E-state index is 12.8. The molecule has 0 saturated heterocycles. The zero-order chi connectivity index (χ0) is 15.8. The van der Waals surface area contributed by atoms with Crippen LogP contribution >= 0.6 is 15.9 Å². The van der Waals surface area contributed by atoms with E-state index in [1.54, 1.807) is 24.3 Å². The van der Waals surface area contributed by atoms with Gasteiger partial charge < -0.3 is 0 Å². The fraction of sp³-hybridized carbons (Fsp3) is 0.125. The predicted octanol–water partition coefficient (Wildman–Crippen LogP) is 4.43. The van der Waals surface area contributed by atoms with E-state index in [0.717, 1.165) is 0 Å². The molecule has 110 valence electrons. The molecule has 2 aromatic carbocycles. The quantitative estimate of drug-likeness (QED) is 0.603. The molecule has 0 aliphatic heterocycles. The molecule has 0 aliphatic carbocycles. The van der Waals surface area contributed by atoms with Crippen molar-refractivity contribution in [3.8, 4) is 0 Å². The number of halogens is 3. The second kappa shape index (κ2) is 8.42. The summed E-state index contributed by atoms with van der Waals surface area (Å²) in [5, 5.41) is 0.161. The van der Waals surface area contributed by atoms with Crippen LogP contribution in [0.15, 0.2) is 48.5 Å². The minimum Gasteiger partial charge on any atom is -0.294 e. The summed E-state index contributed by atoms with van der Waals surface area (Å²) in [4.78, 5) is 21.6. The van der Waals surface area contributed by atoms with Crippen LogP contribution in [0, 0.1) is 11.6 Å². The molecule has 0 unspecified atom stereocenters. The highest BCUT2D eigenvalue weighted by molar-refractivity contribution is 9.09. The van der Waals surface area contributed by atoms with Gasteiger partial charge in [-0.15, -0.1) is 0 Å². The predicted molar refractivity (Wildman–Crippen MR) is 80.9 cm³/mol. The first kappa shape index (κ1) is 17.2. The van der Waals surface area contributed by atoms with Crippen molar-refractivity contribution in [2.45, 2.75) is 6.92 Å². The van der Waals surface area contributed by atoms with Crippen LogP contribution in [0.2, 0.25) is 0 Å². The van der Waals surface area contributed by atoms with E-state index in [1.165, 1.54) is 31.2 Å². The number of alkyl halides is 1.